The molecule has 134 valence electrons. The molecule has 0 aliphatic heterocycles. The highest BCUT2D eigenvalue weighted by Crippen LogP contribution is 2.33. The first kappa shape index (κ1) is 18.6. The molecule has 0 spiro atoms. The molecule has 2 rings (SSSR count). The Morgan fingerprint density at radius 2 is 1.56 bits per heavy atom. The summed E-state index contributed by atoms with van der Waals surface area (Å²) in [6.45, 7) is 2.74. The molecule has 0 amide bonds. The molecule has 8 heteroatoms. The lowest BCUT2D eigenvalue weighted by Gasteiger charge is -2.21. The first-order valence-electron chi connectivity index (χ1n) is 7.06. The standard InChI is InChI=1S/C17H14F4O4/c1-16(2,15(22)23)25-12-6-4-11(5-7-12)24-14-8-3-10(9-13(14)18)17(19,20)21/h3-9H,1-2H3,(H,22,23). The minimum atomic E-state index is -4.64. The summed E-state index contributed by atoms with van der Waals surface area (Å²) >= 11 is 0. The molecule has 0 aliphatic carbocycles. The van der Waals surface area contributed by atoms with Gasteiger partial charge in [0, 0.05) is 0 Å². The molecule has 0 atom stereocenters. The predicted octanol–water partition coefficient (Wildman–Crippen LogP) is 4.88. The molecule has 0 aromatic heterocycles. The maximum atomic E-state index is 13.7. The fourth-order valence-electron chi connectivity index (χ4n) is 1.80. The summed E-state index contributed by atoms with van der Waals surface area (Å²) in [4.78, 5) is 11.0. The fourth-order valence-corrected chi connectivity index (χ4v) is 1.80. The van der Waals surface area contributed by atoms with E-state index in [9.17, 15) is 22.4 Å². The molecular formula is C17H14F4O4. The number of carboxylic acids is 1. The summed E-state index contributed by atoms with van der Waals surface area (Å²) in [6, 6.07) is 7.52. The third-order valence-electron chi connectivity index (χ3n) is 3.20. The summed E-state index contributed by atoms with van der Waals surface area (Å²) in [5.41, 5.74) is -2.56. The molecule has 1 N–H and O–H groups in total. The van der Waals surface area contributed by atoms with E-state index < -0.39 is 29.1 Å². The summed E-state index contributed by atoms with van der Waals surface area (Å²) in [7, 11) is 0. The van der Waals surface area contributed by atoms with E-state index in [1.807, 2.05) is 0 Å². The van der Waals surface area contributed by atoms with E-state index in [1.165, 1.54) is 38.1 Å². The highest BCUT2D eigenvalue weighted by atomic mass is 19.4. The van der Waals surface area contributed by atoms with E-state index in [-0.39, 0.29) is 17.2 Å². The van der Waals surface area contributed by atoms with Crippen LogP contribution in [0.3, 0.4) is 0 Å². The SMILES string of the molecule is CC(C)(Oc1ccc(Oc2ccc(C(F)(F)F)cc2F)cc1)C(=O)O. The Balaban J connectivity index is 2.13. The highest BCUT2D eigenvalue weighted by molar-refractivity contribution is 5.76. The summed E-state index contributed by atoms with van der Waals surface area (Å²) in [5.74, 6) is -2.28. The maximum absolute atomic E-state index is 13.7. The molecule has 0 saturated heterocycles. The molecule has 0 radical (unpaired) electrons. The lowest BCUT2D eigenvalue weighted by Crippen LogP contribution is -2.37. The van der Waals surface area contributed by atoms with Gasteiger partial charge in [0.1, 0.15) is 11.5 Å². The van der Waals surface area contributed by atoms with Gasteiger partial charge in [-0.3, -0.25) is 0 Å². The number of hydrogen-bond donors (Lipinski definition) is 1. The van der Waals surface area contributed by atoms with Crippen LogP contribution in [0.4, 0.5) is 17.6 Å². The molecule has 0 heterocycles. The normalized spacial score (nSPS) is 11.9. The van der Waals surface area contributed by atoms with Gasteiger partial charge >= 0.3 is 12.1 Å². The lowest BCUT2D eigenvalue weighted by molar-refractivity contribution is -0.152. The lowest BCUT2D eigenvalue weighted by atomic mass is 10.1. The number of halogens is 4. The maximum Gasteiger partial charge on any atom is 0.416 e. The molecule has 4 nitrogen and oxygen atoms in total. The second-order valence-electron chi connectivity index (χ2n) is 5.63. The van der Waals surface area contributed by atoms with E-state index in [0.717, 1.165) is 6.07 Å². The van der Waals surface area contributed by atoms with Gasteiger partial charge < -0.3 is 14.6 Å². The van der Waals surface area contributed by atoms with Crippen LogP contribution in [-0.2, 0) is 11.0 Å². The van der Waals surface area contributed by atoms with E-state index in [4.69, 9.17) is 14.6 Å². The average Bonchev–Trinajstić information content (AvgIpc) is 2.49. The van der Waals surface area contributed by atoms with Crippen LogP contribution >= 0.6 is 0 Å². The van der Waals surface area contributed by atoms with Gasteiger partial charge in [0.15, 0.2) is 17.2 Å². The fraction of sp³-hybridized carbons (Fsp3) is 0.235. The first-order valence-corrected chi connectivity index (χ1v) is 7.06. The number of ether oxygens (including phenoxy) is 2. The third kappa shape index (κ3) is 4.62. The van der Waals surface area contributed by atoms with Crippen LogP contribution in [0.15, 0.2) is 42.5 Å². The Morgan fingerprint density at radius 3 is 2.04 bits per heavy atom. The van der Waals surface area contributed by atoms with E-state index in [1.54, 1.807) is 0 Å². The second-order valence-corrected chi connectivity index (χ2v) is 5.63. The molecule has 0 bridgehead atoms. The van der Waals surface area contributed by atoms with Crippen LogP contribution in [-0.4, -0.2) is 16.7 Å². The predicted molar refractivity (Wildman–Crippen MR) is 80.3 cm³/mol. The largest absolute Gasteiger partial charge is 0.478 e. The molecule has 25 heavy (non-hydrogen) atoms. The minimum absolute atomic E-state index is 0.152. The quantitative estimate of drug-likeness (QED) is 0.774. The van der Waals surface area contributed by atoms with Crippen molar-refractivity contribution in [3.05, 3.63) is 53.8 Å². The molecule has 0 aliphatic rings. The molecule has 2 aromatic carbocycles. The van der Waals surface area contributed by atoms with E-state index in [0.29, 0.717) is 12.1 Å². The van der Waals surface area contributed by atoms with Crippen molar-refractivity contribution in [3.63, 3.8) is 0 Å². The van der Waals surface area contributed by atoms with Gasteiger partial charge in [-0.25, -0.2) is 9.18 Å². The number of benzene rings is 2. The Labute approximate surface area is 140 Å². The van der Waals surface area contributed by atoms with E-state index in [2.05, 4.69) is 0 Å². The Morgan fingerprint density at radius 1 is 1.00 bits per heavy atom. The van der Waals surface area contributed by atoms with Crippen LogP contribution in [0.5, 0.6) is 17.2 Å². The van der Waals surface area contributed by atoms with E-state index >= 15 is 0 Å². The minimum Gasteiger partial charge on any atom is -0.478 e. The van der Waals surface area contributed by atoms with Crippen molar-refractivity contribution in [1.82, 2.24) is 0 Å². The van der Waals surface area contributed by atoms with Gasteiger partial charge in [-0.2, -0.15) is 13.2 Å². The zero-order valence-electron chi connectivity index (χ0n) is 13.2. The molecular weight excluding hydrogens is 344 g/mol. The van der Waals surface area contributed by atoms with Crippen molar-refractivity contribution in [2.24, 2.45) is 0 Å². The van der Waals surface area contributed by atoms with Crippen molar-refractivity contribution >= 4 is 5.97 Å². The first-order chi connectivity index (χ1) is 11.5. The number of aliphatic carboxylic acids is 1. The van der Waals surface area contributed by atoms with Crippen LogP contribution in [0.2, 0.25) is 0 Å². The zero-order valence-corrected chi connectivity index (χ0v) is 13.2. The second kappa shape index (κ2) is 6.62. The monoisotopic (exact) mass is 358 g/mol. The van der Waals surface area contributed by atoms with Gasteiger partial charge in [0.2, 0.25) is 0 Å². The number of rotatable bonds is 5. The number of carbonyl (C=O) groups is 1. The van der Waals surface area contributed by atoms with Crippen molar-refractivity contribution in [1.29, 1.82) is 0 Å². The number of hydrogen-bond acceptors (Lipinski definition) is 3. The average molecular weight is 358 g/mol. The van der Waals surface area contributed by atoms with Gasteiger partial charge in [-0.05, 0) is 56.3 Å². The van der Waals surface area contributed by atoms with Crippen molar-refractivity contribution in [3.8, 4) is 17.2 Å². The van der Waals surface area contributed by atoms with Crippen molar-refractivity contribution in [2.45, 2.75) is 25.6 Å². The summed E-state index contributed by atoms with van der Waals surface area (Å²) in [6.07, 6.45) is -4.64. The topological polar surface area (TPSA) is 55.8 Å². The van der Waals surface area contributed by atoms with Crippen molar-refractivity contribution in [2.75, 3.05) is 0 Å². The Kier molecular flexibility index (Phi) is 4.92. The highest BCUT2D eigenvalue weighted by Gasteiger charge is 2.31. The van der Waals surface area contributed by atoms with Gasteiger partial charge in [0.05, 0.1) is 5.56 Å². The third-order valence-corrected chi connectivity index (χ3v) is 3.20. The smallest absolute Gasteiger partial charge is 0.416 e. The Hall–Kier alpha value is -2.77. The zero-order chi connectivity index (χ0) is 18.8. The van der Waals surface area contributed by atoms with Crippen LogP contribution in [0.1, 0.15) is 19.4 Å². The number of carboxylic acid groups (broad SMARTS) is 1. The van der Waals surface area contributed by atoms with Gasteiger partial charge in [0.25, 0.3) is 0 Å². The molecule has 0 fully saturated rings. The molecule has 0 unspecified atom stereocenters. The van der Waals surface area contributed by atoms with Gasteiger partial charge in [-0.1, -0.05) is 0 Å². The molecule has 0 saturated carbocycles. The van der Waals surface area contributed by atoms with Crippen LogP contribution < -0.4 is 9.47 Å². The summed E-state index contributed by atoms with van der Waals surface area (Å²) in [5, 5.41) is 8.99. The van der Waals surface area contributed by atoms with Crippen LogP contribution in [0, 0.1) is 5.82 Å². The number of alkyl halides is 3. The van der Waals surface area contributed by atoms with Crippen LogP contribution in [0.25, 0.3) is 0 Å². The Bertz CT molecular complexity index is 767. The van der Waals surface area contributed by atoms with Gasteiger partial charge in [-0.15, -0.1) is 0 Å². The molecule has 2 aromatic rings. The van der Waals surface area contributed by atoms with Crippen molar-refractivity contribution < 1.29 is 36.9 Å². The summed E-state index contributed by atoms with van der Waals surface area (Å²) < 4.78 is 61.7.